The van der Waals surface area contributed by atoms with E-state index in [1.165, 1.54) is 12.1 Å². The number of nitrogens with one attached hydrogen (secondary N) is 1. The summed E-state index contributed by atoms with van der Waals surface area (Å²) in [6, 6.07) is 10.2. The van der Waals surface area contributed by atoms with Crippen molar-refractivity contribution < 1.29 is 4.39 Å². The molecule has 0 fully saturated rings. The maximum absolute atomic E-state index is 13.1. The first kappa shape index (κ1) is 10.8. The molecule has 2 aromatic heterocycles. The molecular formula is C14H12FN3. The highest BCUT2D eigenvalue weighted by molar-refractivity contribution is 5.87. The molecule has 0 saturated carbocycles. The van der Waals surface area contributed by atoms with E-state index in [-0.39, 0.29) is 5.82 Å². The zero-order valence-corrected chi connectivity index (χ0v) is 9.87. The molecule has 0 radical (unpaired) electrons. The predicted molar refractivity (Wildman–Crippen MR) is 70.6 cm³/mol. The third-order valence-electron chi connectivity index (χ3n) is 2.90. The molecule has 1 aromatic carbocycles. The van der Waals surface area contributed by atoms with E-state index < -0.39 is 0 Å². The number of H-pyrrole nitrogens is 1. The van der Waals surface area contributed by atoms with Crippen molar-refractivity contribution in [3.05, 3.63) is 47.9 Å². The van der Waals surface area contributed by atoms with Crippen molar-refractivity contribution in [3.63, 3.8) is 0 Å². The summed E-state index contributed by atoms with van der Waals surface area (Å²) in [7, 11) is 0. The first-order valence-electron chi connectivity index (χ1n) is 5.65. The van der Waals surface area contributed by atoms with Crippen molar-refractivity contribution in [1.82, 2.24) is 9.97 Å². The lowest BCUT2D eigenvalue weighted by molar-refractivity contribution is 0.630. The van der Waals surface area contributed by atoms with E-state index >= 15 is 0 Å². The van der Waals surface area contributed by atoms with Crippen LogP contribution in [0.25, 0.3) is 22.3 Å². The van der Waals surface area contributed by atoms with Crippen LogP contribution in [-0.2, 0) is 0 Å². The molecule has 0 bridgehead atoms. The maximum Gasteiger partial charge on any atom is 0.123 e. The first-order valence-corrected chi connectivity index (χ1v) is 5.65. The molecule has 0 aliphatic rings. The largest absolute Gasteiger partial charge is 0.397 e. The molecule has 3 aromatic rings. The zero-order chi connectivity index (χ0) is 12.7. The molecule has 3 rings (SSSR count). The molecule has 0 atom stereocenters. The number of aromatic nitrogens is 2. The number of pyridine rings is 1. The topological polar surface area (TPSA) is 54.7 Å². The van der Waals surface area contributed by atoms with Gasteiger partial charge >= 0.3 is 0 Å². The number of nitrogen functional groups attached to an aromatic ring is 1. The highest BCUT2D eigenvalue weighted by atomic mass is 19.1. The predicted octanol–water partition coefficient (Wildman–Crippen LogP) is 3.26. The van der Waals surface area contributed by atoms with Gasteiger partial charge in [-0.15, -0.1) is 0 Å². The van der Waals surface area contributed by atoms with Gasteiger partial charge in [0.2, 0.25) is 0 Å². The highest BCUT2D eigenvalue weighted by Crippen LogP contribution is 2.27. The standard InChI is InChI=1S/C14H12FN3/c1-8-2-4-11(16)14(17-8)13-7-9-6-10(15)3-5-12(9)18-13/h2-7,18H,16H2,1H3. The van der Waals surface area contributed by atoms with Gasteiger partial charge < -0.3 is 10.7 Å². The third kappa shape index (κ3) is 1.72. The smallest absolute Gasteiger partial charge is 0.123 e. The quantitative estimate of drug-likeness (QED) is 0.687. The number of nitrogens with zero attached hydrogens (tertiary/aromatic N) is 1. The second-order valence-corrected chi connectivity index (χ2v) is 4.31. The van der Waals surface area contributed by atoms with Gasteiger partial charge in [0.05, 0.1) is 11.4 Å². The van der Waals surface area contributed by atoms with Crippen molar-refractivity contribution >= 4 is 16.6 Å². The van der Waals surface area contributed by atoms with Crippen LogP contribution in [-0.4, -0.2) is 9.97 Å². The van der Waals surface area contributed by atoms with Crippen molar-refractivity contribution in [2.75, 3.05) is 5.73 Å². The van der Waals surface area contributed by atoms with Gasteiger partial charge in [-0.25, -0.2) is 9.37 Å². The van der Waals surface area contributed by atoms with E-state index in [0.717, 1.165) is 22.3 Å². The molecule has 18 heavy (non-hydrogen) atoms. The van der Waals surface area contributed by atoms with Crippen LogP contribution in [0.5, 0.6) is 0 Å². The summed E-state index contributed by atoms with van der Waals surface area (Å²) in [6.07, 6.45) is 0. The normalized spacial score (nSPS) is 11.0. The van der Waals surface area contributed by atoms with Crippen molar-refractivity contribution in [3.8, 4) is 11.4 Å². The molecule has 0 spiro atoms. The minimum absolute atomic E-state index is 0.252. The summed E-state index contributed by atoms with van der Waals surface area (Å²) in [4.78, 5) is 7.61. The number of nitrogens with two attached hydrogens (primary N) is 1. The Labute approximate surface area is 103 Å². The molecule has 0 aliphatic carbocycles. The monoisotopic (exact) mass is 241 g/mol. The van der Waals surface area contributed by atoms with Gasteiger partial charge in [-0.05, 0) is 43.3 Å². The van der Waals surface area contributed by atoms with Crippen LogP contribution in [0.4, 0.5) is 10.1 Å². The summed E-state index contributed by atoms with van der Waals surface area (Å²) in [5, 5.41) is 0.813. The van der Waals surface area contributed by atoms with Gasteiger partial charge in [0.25, 0.3) is 0 Å². The fourth-order valence-corrected chi connectivity index (χ4v) is 2.01. The van der Waals surface area contributed by atoms with Gasteiger partial charge in [-0.3, -0.25) is 0 Å². The number of aryl methyl sites for hydroxylation is 1. The Hall–Kier alpha value is -2.36. The number of hydrogen-bond acceptors (Lipinski definition) is 2. The van der Waals surface area contributed by atoms with Crippen LogP contribution in [0.3, 0.4) is 0 Å². The fraction of sp³-hybridized carbons (Fsp3) is 0.0714. The Kier molecular flexibility index (Phi) is 2.30. The molecule has 2 heterocycles. The van der Waals surface area contributed by atoms with Crippen LogP contribution in [0, 0.1) is 12.7 Å². The van der Waals surface area contributed by atoms with E-state index in [1.54, 1.807) is 6.07 Å². The van der Waals surface area contributed by atoms with Gasteiger partial charge in [-0.1, -0.05) is 0 Å². The molecule has 0 amide bonds. The number of rotatable bonds is 1. The zero-order valence-electron chi connectivity index (χ0n) is 9.87. The average molecular weight is 241 g/mol. The molecule has 3 N–H and O–H groups in total. The Morgan fingerprint density at radius 3 is 2.83 bits per heavy atom. The van der Waals surface area contributed by atoms with Crippen LogP contribution in [0.1, 0.15) is 5.69 Å². The minimum atomic E-state index is -0.252. The van der Waals surface area contributed by atoms with Crippen LogP contribution >= 0.6 is 0 Å². The van der Waals surface area contributed by atoms with E-state index in [2.05, 4.69) is 9.97 Å². The van der Waals surface area contributed by atoms with Gasteiger partial charge in [0, 0.05) is 16.6 Å². The SMILES string of the molecule is Cc1ccc(N)c(-c2cc3cc(F)ccc3[nH]2)n1. The number of hydrogen-bond donors (Lipinski definition) is 2. The van der Waals surface area contributed by atoms with Gasteiger partial charge in [-0.2, -0.15) is 0 Å². The van der Waals surface area contributed by atoms with Crippen LogP contribution in [0.15, 0.2) is 36.4 Å². The van der Waals surface area contributed by atoms with Crippen LogP contribution < -0.4 is 5.73 Å². The molecule has 3 nitrogen and oxygen atoms in total. The van der Waals surface area contributed by atoms with E-state index in [9.17, 15) is 4.39 Å². The lowest BCUT2D eigenvalue weighted by Gasteiger charge is -2.03. The van der Waals surface area contributed by atoms with Gasteiger partial charge in [0.15, 0.2) is 0 Å². The second-order valence-electron chi connectivity index (χ2n) is 4.31. The van der Waals surface area contributed by atoms with Crippen molar-refractivity contribution in [1.29, 1.82) is 0 Å². The second kappa shape index (κ2) is 3.84. The summed E-state index contributed by atoms with van der Waals surface area (Å²) in [6.45, 7) is 1.91. The number of benzene rings is 1. The van der Waals surface area contributed by atoms with E-state index in [4.69, 9.17) is 5.73 Å². The van der Waals surface area contributed by atoms with Crippen molar-refractivity contribution in [2.24, 2.45) is 0 Å². The Balaban J connectivity index is 2.22. The summed E-state index contributed by atoms with van der Waals surface area (Å²) in [5.74, 6) is -0.252. The molecule has 90 valence electrons. The molecule has 0 saturated heterocycles. The average Bonchev–Trinajstić information content (AvgIpc) is 2.74. The lowest BCUT2D eigenvalue weighted by Crippen LogP contribution is -1.94. The number of fused-ring (bicyclic) bond motifs is 1. The van der Waals surface area contributed by atoms with Crippen molar-refractivity contribution in [2.45, 2.75) is 6.92 Å². The van der Waals surface area contributed by atoms with Gasteiger partial charge in [0.1, 0.15) is 11.5 Å². The lowest BCUT2D eigenvalue weighted by atomic mass is 10.2. The summed E-state index contributed by atoms with van der Waals surface area (Å²) >= 11 is 0. The Morgan fingerprint density at radius 2 is 2.00 bits per heavy atom. The summed E-state index contributed by atoms with van der Waals surface area (Å²) < 4.78 is 13.1. The third-order valence-corrected chi connectivity index (χ3v) is 2.90. The Morgan fingerprint density at radius 1 is 1.17 bits per heavy atom. The Bertz CT molecular complexity index is 731. The number of anilines is 1. The molecular weight excluding hydrogens is 229 g/mol. The number of aromatic amines is 1. The molecule has 4 heteroatoms. The molecule has 0 aliphatic heterocycles. The van der Waals surface area contributed by atoms with E-state index in [0.29, 0.717) is 11.4 Å². The first-order chi connectivity index (χ1) is 8.63. The van der Waals surface area contributed by atoms with E-state index in [1.807, 2.05) is 25.1 Å². The van der Waals surface area contributed by atoms with Crippen LogP contribution in [0.2, 0.25) is 0 Å². The minimum Gasteiger partial charge on any atom is -0.397 e. The fourth-order valence-electron chi connectivity index (χ4n) is 2.01. The highest BCUT2D eigenvalue weighted by Gasteiger charge is 2.08. The maximum atomic E-state index is 13.1. The number of halogens is 1. The molecule has 0 unspecified atom stereocenters. The summed E-state index contributed by atoms with van der Waals surface area (Å²) in [5.41, 5.74) is 9.79.